The summed E-state index contributed by atoms with van der Waals surface area (Å²) in [4.78, 5) is 13.6. The third kappa shape index (κ3) is 2.17. The van der Waals surface area contributed by atoms with Gasteiger partial charge in [0.2, 0.25) is 0 Å². The SMILES string of the molecule is O=Cc1c(F)cc(I)nc1C(F)F. The van der Waals surface area contributed by atoms with Gasteiger partial charge in [-0.15, -0.1) is 0 Å². The summed E-state index contributed by atoms with van der Waals surface area (Å²) in [6, 6.07) is 0.927. The molecule has 0 amide bonds. The lowest BCUT2D eigenvalue weighted by molar-refractivity contribution is 0.109. The molecule has 0 atom stereocenters. The highest BCUT2D eigenvalue weighted by Crippen LogP contribution is 2.22. The molecular formula is C7H3F3INO. The lowest BCUT2D eigenvalue weighted by Crippen LogP contribution is -2.02. The first-order valence-corrected chi connectivity index (χ1v) is 4.23. The number of carbonyl (C=O) groups excluding carboxylic acids is 1. The molecule has 0 N–H and O–H groups in total. The zero-order valence-electron chi connectivity index (χ0n) is 6.10. The Balaban J connectivity index is 3.38. The van der Waals surface area contributed by atoms with Crippen LogP contribution in [0.2, 0.25) is 0 Å². The molecule has 0 aliphatic carbocycles. The first kappa shape index (κ1) is 10.4. The van der Waals surface area contributed by atoms with Crippen molar-refractivity contribution >= 4 is 28.9 Å². The number of carbonyl (C=O) groups is 1. The Bertz CT molecular complexity index is 343. The molecule has 70 valence electrons. The van der Waals surface area contributed by atoms with Gasteiger partial charge in [-0.05, 0) is 22.6 Å². The van der Waals surface area contributed by atoms with Gasteiger partial charge in [-0.1, -0.05) is 0 Å². The summed E-state index contributed by atoms with van der Waals surface area (Å²) in [5, 5.41) is 0. The fourth-order valence-corrected chi connectivity index (χ4v) is 1.33. The summed E-state index contributed by atoms with van der Waals surface area (Å²) >= 11 is 1.60. The number of pyridine rings is 1. The van der Waals surface area contributed by atoms with Gasteiger partial charge in [-0.3, -0.25) is 4.79 Å². The van der Waals surface area contributed by atoms with Crippen molar-refractivity contribution < 1.29 is 18.0 Å². The molecule has 1 aromatic heterocycles. The van der Waals surface area contributed by atoms with Crippen molar-refractivity contribution in [3.63, 3.8) is 0 Å². The van der Waals surface area contributed by atoms with E-state index >= 15 is 0 Å². The van der Waals surface area contributed by atoms with Crippen LogP contribution in [0.3, 0.4) is 0 Å². The van der Waals surface area contributed by atoms with Crippen LogP contribution in [0.25, 0.3) is 0 Å². The van der Waals surface area contributed by atoms with E-state index in [0.717, 1.165) is 6.07 Å². The van der Waals surface area contributed by atoms with E-state index in [2.05, 4.69) is 4.98 Å². The van der Waals surface area contributed by atoms with E-state index in [1.807, 2.05) is 0 Å². The molecule has 0 unspecified atom stereocenters. The predicted molar refractivity (Wildman–Crippen MR) is 47.3 cm³/mol. The smallest absolute Gasteiger partial charge is 0.281 e. The second-order valence-corrected chi connectivity index (χ2v) is 3.25. The molecule has 0 saturated carbocycles. The number of nitrogens with zero attached hydrogens (tertiary/aromatic N) is 1. The number of hydrogen-bond donors (Lipinski definition) is 0. The number of halogens is 4. The quantitative estimate of drug-likeness (QED) is 0.477. The van der Waals surface area contributed by atoms with Crippen LogP contribution in [-0.4, -0.2) is 11.3 Å². The summed E-state index contributed by atoms with van der Waals surface area (Å²) in [7, 11) is 0. The van der Waals surface area contributed by atoms with E-state index in [4.69, 9.17) is 0 Å². The van der Waals surface area contributed by atoms with Crippen LogP contribution in [0.5, 0.6) is 0 Å². The Hall–Kier alpha value is -0.660. The normalized spacial score (nSPS) is 10.5. The zero-order valence-corrected chi connectivity index (χ0v) is 8.26. The minimum Gasteiger partial charge on any atom is -0.298 e. The van der Waals surface area contributed by atoms with Gasteiger partial charge in [0.1, 0.15) is 15.2 Å². The molecule has 13 heavy (non-hydrogen) atoms. The molecule has 0 saturated heterocycles. The van der Waals surface area contributed by atoms with Crippen LogP contribution < -0.4 is 0 Å². The van der Waals surface area contributed by atoms with Crippen molar-refractivity contribution in [2.75, 3.05) is 0 Å². The molecule has 6 heteroatoms. The lowest BCUT2D eigenvalue weighted by Gasteiger charge is -2.03. The van der Waals surface area contributed by atoms with Crippen LogP contribution >= 0.6 is 22.6 Å². The van der Waals surface area contributed by atoms with E-state index in [0.29, 0.717) is 0 Å². The number of alkyl halides is 2. The molecule has 0 aliphatic rings. The van der Waals surface area contributed by atoms with Crippen LogP contribution in [0.4, 0.5) is 13.2 Å². The zero-order chi connectivity index (χ0) is 10.0. The second-order valence-electron chi connectivity index (χ2n) is 2.14. The summed E-state index contributed by atoms with van der Waals surface area (Å²) in [5.41, 5.74) is -1.48. The summed E-state index contributed by atoms with van der Waals surface area (Å²) in [6.45, 7) is 0. The fraction of sp³-hybridized carbons (Fsp3) is 0.143. The van der Waals surface area contributed by atoms with Crippen molar-refractivity contribution in [3.05, 3.63) is 26.8 Å². The van der Waals surface area contributed by atoms with Gasteiger partial charge in [0.05, 0.1) is 5.56 Å². The van der Waals surface area contributed by atoms with Crippen molar-refractivity contribution in [1.82, 2.24) is 4.98 Å². The summed E-state index contributed by atoms with van der Waals surface area (Å²) in [6.07, 6.45) is -2.90. The highest BCUT2D eigenvalue weighted by atomic mass is 127. The summed E-state index contributed by atoms with van der Waals surface area (Å²) in [5.74, 6) is -0.968. The minimum absolute atomic E-state index is 0.0416. The van der Waals surface area contributed by atoms with Crippen LogP contribution in [0, 0.1) is 9.52 Å². The van der Waals surface area contributed by atoms with Crippen LogP contribution in [-0.2, 0) is 0 Å². The first-order valence-electron chi connectivity index (χ1n) is 3.15. The Morgan fingerprint density at radius 3 is 2.62 bits per heavy atom. The molecule has 0 fully saturated rings. The van der Waals surface area contributed by atoms with E-state index in [-0.39, 0.29) is 9.99 Å². The largest absolute Gasteiger partial charge is 0.298 e. The average molecular weight is 301 g/mol. The Kier molecular flexibility index (Phi) is 3.23. The third-order valence-electron chi connectivity index (χ3n) is 1.33. The first-order chi connectivity index (χ1) is 6.06. The van der Waals surface area contributed by atoms with Gasteiger partial charge < -0.3 is 0 Å². The molecule has 0 aliphatic heterocycles. The average Bonchev–Trinajstić information content (AvgIpc) is 2.02. The number of aromatic nitrogens is 1. The Labute approximate surface area is 85.3 Å². The van der Waals surface area contributed by atoms with E-state index < -0.39 is 23.5 Å². The second kappa shape index (κ2) is 4.03. The van der Waals surface area contributed by atoms with Gasteiger partial charge in [0, 0.05) is 6.07 Å². The monoisotopic (exact) mass is 301 g/mol. The number of rotatable bonds is 2. The maximum Gasteiger partial charge on any atom is 0.281 e. The number of aldehydes is 1. The minimum atomic E-state index is -2.94. The van der Waals surface area contributed by atoms with Crippen LogP contribution in [0.1, 0.15) is 22.5 Å². The molecule has 1 rings (SSSR count). The van der Waals surface area contributed by atoms with Crippen molar-refractivity contribution in [1.29, 1.82) is 0 Å². The molecular weight excluding hydrogens is 298 g/mol. The molecule has 0 bridgehead atoms. The molecule has 0 spiro atoms. The molecule has 1 aromatic rings. The van der Waals surface area contributed by atoms with E-state index in [1.165, 1.54) is 0 Å². The lowest BCUT2D eigenvalue weighted by atomic mass is 10.2. The van der Waals surface area contributed by atoms with Crippen molar-refractivity contribution in [3.8, 4) is 0 Å². The molecule has 2 nitrogen and oxygen atoms in total. The van der Waals surface area contributed by atoms with Crippen molar-refractivity contribution in [2.45, 2.75) is 6.43 Å². The van der Waals surface area contributed by atoms with Gasteiger partial charge in [0.15, 0.2) is 6.29 Å². The highest BCUT2D eigenvalue weighted by molar-refractivity contribution is 14.1. The number of hydrogen-bond acceptors (Lipinski definition) is 2. The van der Waals surface area contributed by atoms with Gasteiger partial charge in [0.25, 0.3) is 6.43 Å². The molecule has 0 radical (unpaired) electrons. The Morgan fingerprint density at radius 2 is 2.15 bits per heavy atom. The highest BCUT2D eigenvalue weighted by Gasteiger charge is 2.18. The fourth-order valence-electron chi connectivity index (χ4n) is 0.795. The van der Waals surface area contributed by atoms with Crippen LogP contribution in [0.15, 0.2) is 6.07 Å². The Morgan fingerprint density at radius 1 is 1.54 bits per heavy atom. The predicted octanol–water partition coefficient (Wildman–Crippen LogP) is 2.58. The third-order valence-corrected chi connectivity index (χ3v) is 1.88. The maximum atomic E-state index is 12.9. The topological polar surface area (TPSA) is 30.0 Å². The maximum absolute atomic E-state index is 12.9. The standard InChI is InChI=1S/C7H3F3INO/c8-4-1-5(11)12-6(7(9)10)3(4)2-13/h1-2,7H. The van der Waals surface area contributed by atoms with Crippen molar-refractivity contribution in [2.24, 2.45) is 0 Å². The van der Waals surface area contributed by atoms with Gasteiger partial charge in [-0.2, -0.15) is 0 Å². The van der Waals surface area contributed by atoms with E-state index in [1.54, 1.807) is 22.6 Å². The molecule has 1 heterocycles. The van der Waals surface area contributed by atoms with Gasteiger partial charge in [-0.25, -0.2) is 18.2 Å². The summed E-state index contributed by atoms with van der Waals surface area (Å²) < 4.78 is 37.3. The van der Waals surface area contributed by atoms with E-state index in [9.17, 15) is 18.0 Å². The van der Waals surface area contributed by atoms with Gasteiger partial charge >= 0.3 is 0 Å². The molecule has 0 aromatic carbocycles.